The minimum Gasteiger partial charge on any atom is -0.475 e. The summed E-state index contributed by atoms with van der Waals surface area (Å²) >= 11 is 1.84. The molecule has 0 spiro atoms. The molecular formula is C16H22N2OS. The van der Waals surface area contributed by atoms with Crippen LogP contribution in [-0.4, -0.2) is 11.1 Å². The highest BCUT2D eigenvalue weighted by molar-refractivity contribution is 7.12. The van der Waals surface area contributed by atoms with Gasteiger partial charge in [-0.05, 0) is 45.9 Å². The first kappa shape index (κ1) is 15.0. The van der Waals surface area contributed by atoms with Crippen molar-refractivity contribution < 1.29 is 4.74 Å². The lowest BCUT2D eigenvalue weighted by atomic mass is 10.2. The molecule has 20 heavy (non-hydrogen) atoms. The summed E-state index contributed by atoms with van der Waals surface area (Å²) in [6.07, 6.45) is 1.91. The van der Waals surface area contributed by atoms with Crippen molar-refractivity contribution in [1.29, 1.82) is 0 Å². The third-order valence-electron chi connectivity index (χ3n) is 2.98. The Labute approximate surface area is 125 Å². The summed E-state index contributed by atoms with van der Waals surface area (Å²) < 4.78 is 5.74. The summed E-state index contributed by atoms with van der Waals surface area (Å²) in [5, 5.41) is 3.53. The van der Waals surface area contributed by atoms with E-state index in [1.807, 2.05) is 31.3 Å². The van der Waals surface area contributed by atoms with Gasteiger partial charge < -0.3 is 10.1 Å². The van der Waals surface area contributed by atoms with Gasteiger partial charge in [0, 0.05) is 34.1 Å². The standard InChI is InChI=1S/C16H22N2OS/c1-11(2)19-16-14(6-5-9-17-16)10-18-13(4)15-8-7-12(3)20-15/h5-9,11,13,18H,10H2,1-4H3. The summed E-state index contributed by atoms with van der Waals surface area (Å²) in [5.74, 6) is 0.726. The highest BCUT2D eigenvalue weighted by Crippen LogP contribution is 2.23. The van der Waals surface area contributed by atoms with Crippen molar-refractivity contribution in [1.82, 2.24) is 10.3 Å². The second-order valence-corrected chi connectivity index (χ2v) is 6.50. The van der Waals surface area contributed by atoms with Gasteiger partial charge in [-0.15, -0.1) is 11.3 Å². The third kappa shape index (κ3) is 4.05. The molecule has 2 rings (SSSR count). The van der Waals surface area contributed by atoms with Crippen molar-refractivity contribution in [2.75, 3.05) is 0 Å². The second-order valence-electron chi connectivity index (χ2n) is 5.19. The molecule has 3 nitrogen and oxygen atoms in total. The predicted molar refractivity (Wildman–Crippen MR) is 84.3 cm³/mol. The molecule has 0 radical (unpaired) electrons. The molecule has 0 saturated heterocycles. The van der Waals surface area contributed by atoms with Crippen molar-refractivity contribution in [3.05, 3.63) is 45.8 Å². The molecular weight excluding hydrogens is 268 g/mol. The molecule has 2 heterocycles. The fourth-order valence-electron chi connectivity index (χ4n) is 1.94. The lowest BCUT2D eigenvalue weighted by molar-refractivity contribution is 0.229. The molecule has 1 atom stereocenters. The zero-order chi connectivity index (χ0) is 14.5. The van der Waals surface area contributed by atoms with E-state index < -0.39 is 0 Å². The van der Waals surface area contributed by atoms with Gasteiger partial charge in [0.1, 0.15) is 0 Å². The third-order valence-corrected chi connectivity index (χ3v) is 4.17. The first-order valence-corrected chi connectivity index (χ1v) is 7.78. The largest absolute Gasteiger partial charge is 0.475 e. The van der Waals surface area contributed by atoms with E-state index in [9.17, 15) is 0 Å². The van der Waals surface area contributed by atoms with Crippen LogP contribution in [0.1, 0.15) is 42.1 Å². The molecule has 0 saturated carbocycles. The van der Waals surface area contributed by atoms with Crippen molar-refractivity contribution in [3.8, 4) is 5.88 Å². The number of hydrogen-bond acceptors (Lipinski definition) is 4. The molecule has 0 amide bonds. The Balaban J connectivity index is 2.00. The molecule has 1 N–H and O–H groups in total. The Morgan fingerprint density at radius 1 is 1.25 bits per heavy atom. The molecule has 108 valence electrons. The van der Waals surface area contributed by atoms with E-state index in [2.05, 4.69) is 42.3 Å². The van der Waals surface area contributed by atoms with E-state index in [1.165, 1.54) is 9.75 Å². The number of thiophene rings is 1. The van der Waals surface area contributed by atoms with Crippen LogP contribution in [0.25, 0.3) is 0 Å². The van der Waals surface area contributed by atoms with E-state index in [1.54, 1.807) is 6.20 Å². The van der Waals surface area contributed by atoms with Gasteiger partial charge in [-0.1, -0.05) is 6.07 Å². The molecule has 0 aromatic carbocycles. The fourth-order valence-corrected chi connectivity index (χ4v) is 2.84. The first-order valence-electron chi connectivity index (χ1n) is 6.96. The van der Waals surface area contributed by atoms with Crippen molar-refractivity contribution in [2.45, 2.75) is 46.4 Å². The summed E-state index contributed by atoms with van der Waals surface area (Å²) in [6.45, 7) is 9.11. The van der Waals surface area contributed by atoms with Gasteiger partial charge in [-0.3, -0.25) is 0 Å². The maximum atomic E-state index is 5.74. The fraction of sp³-hybridized carbons (Fsp3) is 0.438. The number of aromatic nitrogens is 1. The number of aryl methyl sites for hydroxylation is 1. The van der Waals surface area contributed by atoms with Gasteiger partial charge in [-0.2, -0.15) is 0 Å². The predicted octanol–water partition coefficient (Wildman–Crippen LogP) is 4.09. The van der Waals surface area contributed by atoms with Crippen LogP contribution < -0.4 is 10.1 Å². The molecule has 1 unspecified atom stereocenters. The second kappa shape index (κ2) is 6.86. The van der Waals surface area contributed by atoms with Gasteiger partial charge in [0.25, 0.3) is 0 Å². The topological polar surface area (TPSA) is 34.2 Å². The van der Waals surface area contributed by atoms with Gasteiger partial charge in [0.15, 0.2) is 0 Å². The average Bonchev–Trinajstić information content (AvgIpc) is 2.83. The Morgan fingerprint density at radius 2 is 2.05 bits per heavy atom. The molecule has 2 aromatic heterocycles. The van der Waals surface area contributed by atoms with Gasteiger partial charge in [0.2, 0.25) is 5.88 Å². The quantitative estimate of drug-likeness (QED) is 0.870. The van der Waals surface area contributed by atoms with E-state index >= 15 is 0 Å². The van der Waals surface area contributed by atoms with Crippen molar-refractivity contribution >= 4 is 11.3 Å². The van der Waals surface area contributed by atoms with Crippen LogP contribution in [-0.2, 0) is 6.54 Å². The molecule has 0 bridgehead atoms. The minimum atomic E-state index is 0.140. The van der Waals surface area contributed by atoms with Crippen LogP contribution >= 0.6 is 11.3 Å². The zero-order valence-corrected chi connectivity index (χ0v) is 13.3. The normalized spacial score (nSPS) is 12.7. The summed E-state index contributed by atoms with van der Waals surface area (Å²) in [4.78, 5) is 7.02. The lowest BCUT2D eigenvalue weighted by Crippen LogP contribution is -2.18. The minimum absolute atomic E-state index is 0.140. The number of rotatable bonds is 6. The zero-order valence-electron chi connectivity index (χ0n) is 12.5. The van der Waals surface area contributed by atoms with E-state index in [0.29, 0.717) is 6.04 Å². The van der Waals surface area contributed by atoms with E-state index in [0.717, 1.165) is 18.0 Å². The molecule has 4 heteroatoms. The maximum absolute atomic E-state index is 5.74. The lowest BCUT2D eigenvalue weighted by Gasteiger charge is -2.16. The Bertz CT molecular complexity index is 551. The number of hydrogen-bond donors (Lipinski definition) is 1. The Hall–Kier alpha value is -1.39. The van der Waals surface area contributed by atoms with Crippen LogP contribution in [0.2, 0.25) is 0 Å². The monoisotopic (exact) mass is 290 g/mol. The summed E-state index contributed by atoms with van der Waals surface area (Å²) in [5.41, 5.74) is 1.10. The van der Waals surface area contributed by atoms with Crippen LogP contribution in [0.15, 0.2) is 30.5 Å². The Morgan fingerprint density at radius 3 is 2.70 bits per heavy atom. The summed E-state index contributed by atoms with van der Waals surface area (Å²) in [7, 11) is 0. The van der Waals surface area contributed by atoms with Gasteiger partial charge in [-0.25, -0.2) is 4.98 Å². The van der Waals surface area contributed by atoms with Crippen molar-refractivity contribution in [2.24, 2.45) is 0 Å². The smallest absolute Gasteiger partial charge is 0.218 e. The van der Waals surface area contributed by atoms with Gasteiger partial charge >= 0.3 is 0 Å². The number of pyridine rings is 1. The highest BCUT2D eigenvalue weighted by Gasteiger charge is 2.10. The van der Waals surface area contributed by atoms with E-state index in [-0.39, 0.29) is 6.10 Å². The highest BCUT2D eigenvalue weighted by atomic mass is 32.1. The summed E-state index contributed by atoms with van der Waals surface area (Å²) in [6, 6.07) is 8.69. The van der Waals surface area contributed by atoms with E-state index in [4.69, 9.17) is 4.74 Å². The van der Waals surface area contributed by atoms with Crippen LogP contribution in [0.5, 0.6) is 5.88 Å². The molecule has 0 aliphatic heterocycles. The SMILES string of the molecule is Cc1ccc(C(C)NCc2cccnc2OC(C)C)s1. The molecule has 0 aliphatic rings. The van der Waals surface area contributed by atoms with Crippen LogP contribution in [0, 0.1) is 6.92 Å². The molecule has 0 fully saturated rings. The van der Waals surface area contributed by atoms with Crippen molar-refractivity contribution in [3.63, 3.8) is 0 Å². The molecule has 0 aliphatic carbocycles. The van der Waals surface area contributed by atoms with Crippen LogP contribution in [0.3, 0.4) is 0 Å². The number of nitrogens with one attached hydrogen (secondary N) is 1. The van der Waals surface area contributed by atoms with Crippen LogP contribution in [0.4, 0.5) is 0 Å². The number of nitrogens with zero attached hydrogens (tertiary/aromatic N) is 1. The Kier molecular flexibility index (Phi) is 5.15. The first-order chi connectivity index (χ1) is 9.56. The number of ether oxygens (including phenoxy) is 1. The molecule has 2 aromatic rings. The van der Waals surface area contributed by atoms with Gasteiger partial charge in [0.05, 0.1) is 6.10 Å². The average molecular weight is 290 g/mol. The maximum Gasteiger partial charge on any atom is 0.218 e.